The number of hydrogen-bond donors (Lipinski definition) is 1. The predicted molar refractivity (Wildman–Crippen MR) is 106 cm³/mol. The lowest BCUT2D eigenvalue weighted by molar-refractivity contribution is -0.122. The summed E-state index contributed by atoms with van der Waals surface area (Å²) < 4.78 is 0. The van der Waals surface area contributed by atoms with Gasteiger partial charge in [0.2, 0.25) is 11.8 Å². The van der Waals surface area contributed by atoms with E-state index < -0.39 is 0 Å². The smallest absolute Gasteiger partial charge is 0.229 e. The quantitative estimate of drug-likeness (QED) is 0.860. The first-order valence-electron chi connectivity index (χ1n) is 8.72. The molecule has 3 rings (SSSR count). The van der Waals surface area contributed by atoms with Gasteiger partial charge >= 0.3 is 0 Å². The maximum absolute atomic E-state index is 12.8. The van der Waals surface area contributed by atoms with E-state index in [1.807, 2.05) is 52.0 Å². The highest BCUT2D eigenvalue weighted by Crippen LogP contribution is 2.32. The molecule has 1 aliphatic rings. The van der Waals surface area contributed by atoms with Crippen molar-refractivity contribution in [2.24, 2.45) is 5.92 Å². The number of benzene rings is 2. The molecule has 1 atom stereocenters. The summed E-state index contributed by atoms with van der Waals surface area (Å²) in [5.41, 5.74) is 5.70. The van der Waals surface area contributed by atoms with Crippen LogP contribution in [-0.2, 0) is 9.59 Å². The van der Waals surface area contributed by atoms with Crippen LogP contribution in [-0.4, -0.2) is 18.4 Å². The van der Waals surface area contributed by atoms with E-state index in [9.17, 15) is 9.59 Å². The van der Waals surface area contributed by atoms with Gasteiger partial charge in [-0.05, 0) is 56.5 Å². The Morgan fingerprint density at radius 2 is 1.81 bits per heavy atom. The van der Waals surface area contributed by atoms with Crippen molar-refractivity contribution in [1.29, 1.82) is 0 Å². The van der Waals surface area contributed by atoms with E-state index in [0.29, 0.717) is 11.6 Å². The molecule has 26 heavy (non-hydrogen) atoms. The van der Waals surface area contributed by atoms with Gasteiger partial charge in [0.15, 0.2) is 0 Å². The lowest BCUT2D eigenvalue weighted by Gasteiger charge is -2.20. The molecule has 2 aromatic carbocycles. The number of amides is 2. The van der Waals surface area contributed by atoms with E-state index in [2.05, 4.69) is 5.32 Å². The fourth-order valence-electron chi connectivity index (χ4n) is 3.61. The third-order valence-corrected chi connectivity index (χ3v) is 5.36. The Labute approximate surface area is 159 Å². The van der Waals surface area contributed by atoms with Gasteiger partial charge in [0.1, 0.15) is 0 Å². The van der Waals surface area contributed by atoms with Gasteiger partial charge in [0, 0.05) is 29.4 Å². The van der Waals surface area contributed by atoms with Crippen molar-refractivity contribution in [3.8, 4) is 0 Å². The summed E-state index contributed by atoms with van der Waals surface area (Å²) in [6.45, 7) is 8.26. The zero-order valence-corrected chi connectivity index (χ0v) is 16.3. The maximum atomic E-state index is 12.8. The summed E-state index contributed by atoms with van der Waals surface area (Å²) in [5.74, 6) is -0.538. The van der Waals surface area contributed by atoms with Crippen LogP contribution in [0.2, 0.25) is 5.02 Å². The minimum atomic E-state index is -0.374. The molecule has 2 amide bonds. The fourth-order valence-corrected chi connectivity index (χ4v) is 3.78. The first-order valence-corrected chi connectivity index (χ1v) is 9.10. The zero-order chi connectivity index (χ0) is 19.0. The van der Waals surface area contributed by atoms with Crippen LogP contribution in [0.1, 0.15) is 28.7 Å². The van der Waals surface area contributed by atoms with E-state index >= 15 is 0 Å². The number of halogens is 1. The topological polar surface area (TPSA) is 49.4 Å². The highest BCUT2D eigenvalue weighted by atomic mass is 35.5. The van der Waals surface area contributed by atoms with E-state index in [1.54, 1.807) is 11.0 Å². The van der Waals surface area contributed by atoms with Crippen LogP contribution >= 0.6 is 11.6 Å². The number of aryl methyl sites for hydroxylation is 3. The Balaban J connectivity index is 1.79. The first kappa shape index (κ1) is 18.5. The minimum absolute atomic E-state index is 0.0483. The van der Waals surface area contributed by atoms with Gasteiger partial charge < -0.3 is 10.2 Å². The molecule has 0 bridgehead atoms. The first-order chi connectivity index (χ1) is 12.3. The molecular weight excluding hydrogens is 348 g/mol. The van der Waals surface area contributed by atoms with E-state index in [-0.39, 0.29) is 24.2 Å². The van der Waals surface area contributed by atoms with Crippen molar-refractivity contribution >= 4 is 34.8 Å². The molecule has 5 heteroatoms. The minimum Gasteiger partial charge on any atom is -0.325 e. The molecule has 1 saturated heterocycles. The van der Waals surface area contributed by atoms with Gasteiger partial charge in [0.05, 0.1) is 5.92 Å². The molecule has 0 radical (unpaired) electrons. The summed E-state index contributed by atoms with van der Waals surface area (Å²) in [7, 11) is 0. The molecule has 0 unspecified atom stereocenters. The molecule has 4 nitrogen and oxygen atoms in total. The summed E-state index contributed by atoms with van der Waals surface area (Å²) in [6, 6.07) is 9.58. The second-order valence-corrected chi connectivity index (χ2v) is 7.46. The van der Waals surface area contributed by atoms with Gasteiger partial charge in [-0.25, -0.2) is 0 Å². The Bertz CT molecular complexity index is 869. The third-order valence-electron chi connectivity index (χ3n) is 4.95. The number of hydrogen-bond acceptors (Lipinski definition) is 2. The molecule has 0 aromatic heterocycles. The van der Waals surface area contributed by atoms with Crippen LogP contribution in [0, 0.1) is 33.6 Å². The normalized spacial score (nSPS) is 16.9. The highest BCUT2D eigenvalue weighted by molar-refractivity contribution is 6.31. The summed E-state index contributed by atoms with van der Waals surface area (Å²) in [5, 5.41) is 3.64. The van der Waals surface area contributed by atoms with E-state index in [1.165, 1.54) is 0 Å². The Kier molecular flexibility index (Phi) is 5.05. The molecule has 0 aliphatic carbocycles. The molecule has 1 heterocycles. The number of carbonyl (C=O) groups is 2. The van der Waals surface area contributed by atoms with Crippen LogP contribution in [0.5, 0.6) is 0 Å². The van der Waals surface area contributed by atoms with Gasteiger partial charge in [-0.15, -0.1) is 0 Å². The Morgan fingerprint density at radius 3 is 2.46 bits per heavy atom. The van der Waals surface area contributed by atoms with Crippen molar-refractivity contribution in [2.45, 2.75) is 34.1 Å². The maximum Gasteiger partial charge on any atom is 0.229 e. The number of nitrogens with one attached hydrogen (secondary N) is 1. The zero-order valence-electron chi connectivity index (χ0n) is 15.5. The summed E-state index contributed by atoms with van der Waals surface area (Å²) in [6.07, 6.45) is 0.210. The second kappa shape index (κ2) is 7.12. The number of rotatable bonds is 3. The monoisotopic (exact) mass is 370 g/mol. The second-order valence-electron chi connectivity index (χ2n) is 7.05. The summed E-state index contributed by atoms with van der Waals surface area (Å²) in [4.78, 5) is 26.9. The van der Waals surface area contributed by atoms with Crippen LogP contribution < -0.4 is 10.2 Å². The fraction of sp³-hybridized carbons (Fsp3) is 0.333. The number of carbonyl (C=O) groups excluding carboxylic acids is 2. The summed E-state index contributed by atoms with van der Waals surface area (Å²) >= 11 is 6.18. The molecular formula is C21H23ClN2O2. The molecule has 0 spiro atoms. The van der Waals surface area contributed by atoms with Crippen LogP contribution in [0.3, 0.4) is 0 Å². The van der Waals surface area contributed by atoms with Gasteiger partial charge in [0.25, 0.3) is 0 Å². The standard InChI is InChI=1S/C21H23ClN2O2/c1-12-8-13(2)20(14(3)9-12)23-21(26)16-10-19(25)24(11-16)18-7-5-6-17(22)15(18)4/h5-9,16H,10-11H2,1-4H3,(H,23,26)/t16-/m0/s1. The molecule has 1 aliphatic heterocycles. The van der Waals surface area contributed by atoms with E-state index in [0.717, 1.165) is 33.6 Å². The van der Waals surface area contributed by atoms with Crippen molar-refractivity contribution in [1.82, 2.24) is 0 Å². The van der Waals surface area contributed by atoms with Crippen LogP contribution in [0.25, 0.3) is 0 Å². The Hall–Kier alpha value is -2.33. The average molecular weight is 371 g/mol. The molecule has 136 valence electrons. The van der Waals surface area contributed by atoms with Crippen molar-refractivity contribution in [2.75, 3.05) is 16.8 Å². The van der Waals surface area contributed by atoms with Crippen molar-refractivity contribution in [3.63, 3.8) is 0 Å². The molecule has 1 N–H and O–H groups in total. The van der Waals surface area contributed by atoms with Crippen LogP contribution in [0.4, 0.5) is 11.4 Å². The number of nitrogens with zero attached hydrogens (tertiary/aromatic N) is 1. The number of anilines is 2. The van der Waals surface area contributed by atoms with E-state index in [4.69, 9.17) is 11.6 Å². The van der Waals surface area contributed by atoms with Crippen LogP contribution in [0.15, 0.2) is 30.3 Å². The SMILES string of the molecule is Cc1cc(C)c(NC(=O)[C@H]2CC(=O)N(c3cccc(Cl)c3C)C2)c(C)c1. The molecule has 0 saturated carbocycles. The Morgan fingerprint density at radius 1 is 1.15 bits per heavy atom. The average Bonchev–Trinajstić information content (AvgIpc) is 2.95. The van der Waals surface area contributed by atoms with Crippen molar-refractivity contribution < 1.29 is 9.59 Å². The van der Waals surface area contributed by atoms with Gasteiger partial charge in [-0.1, -0.05) is 35.4 Å². The largest absolute Gasteiger partial charge is 0.325 e. The lowest BCUT2D eigenvalue weighted by Crippen LogP contribution is -2.29. The highest BCUT2D eigenvalue weighted by Gasteiger charge is 2.36. The predicted octanol–water partition coefficient (Wildman–Crippen LogP) is 4.57. The van der Waals surface area contributed by atoms with Crippen molar-refractivity contribution in [3.05, 3.63) is 57.6 Å². The lowest BCUT2D eigenvalue weighted by atomic mass is 10.0. The molecule has 1 fully saturated rings. The van der Waals surface area contributed by atoms with Gasteiger partial charge in [-0.3, -0.25) is 9.59 Å². The van der Waals surface area contributed by atoms with Gasteiger partial charge in [-0.2, -0.15) is 0 Å². The third kappa shape index (κ3) is 3.47. The molecule has 2 aromatic rings.